The van der Waals surface area contributed by atoms with Crippen LogP contribution in [-0.2, 0) is 10.8 Å². The number of hydrogen-bond donors (Lipinski definition) is 1. The zero-order valence-corrected chi connectivity index (χ0v) is 14.2. The van der Waals surface area contributed by atoms with Gasteiger partial charge in [-0.15, -0.1) is 0 Å². The van der Waals surface area contributed by atoms with Crippen LogP contribution < -0.4 is 5.32 Å². The molecule has 6 nitrogen and oxygen atoms in total. The van der Waals surface area contributed by atoms with Gasteiger partial charge in [-0.3, -0.25) is 4.21 Å². The van der Waals surface area contributed by atoms with Crippen LogP contribution in [0, 0.1) is 0 Å². The fourth-order valence-electron chi connectivity index (χ4n) is 1.99. The molecule has 1 aromatic heterocycles. The fourth-order valence-corrected chi connectivity index (χ4v) is 2.90. The van der Waals surface area contributed by atoms with Gasteiger partial charge in [0, 0.05) is 41.5 Å². The van der Waals surface area contributed by atoms with Crippen molar-refractivity contribution in [2.24, 2.45) is 0 Å². The number of hydrogen-bond acceptors (Lipinski definition) is 4. The zero-order valence-electron chi connectivity index (χ0n) is 13.4. The normalized spacial score (nSPS) is 13.2. The Bertz CT molecular complexity index is 676. The van der Waals surface area contributed by atoms with Gasteiger partial charge < -0.3 is 10.2 Å². The Morgan fingerprint density at radius 2 is 1.87 bits per heavy atom. The Morgan fingerprint density at radius 1 is 1.26 bits per heavy atom. The summed E-state index contributed by atoms with van der Waals surface area (Å²) in [5.41, 5.74) is 1.44. The Balaban J connectivity index is 2.00. The van der Waals surface area contributed by atoms with Crippen molar-refractivity contribution in [3.8, 4) is 11.4 Å². The molecule has 2 atom stereocenters. The molecule has 1 aromatic carbocycles. The largest absolute Gasteiger partial charge is 0.324 e. The second-order valence-electron chi connectivity index (χ2n) is 5.29. The van der Waals surface area contributed by atoms with E-state index in [0.717, 1.165) is 5.56 Å². The molecule has 1 heterocycles. The molecular formula is C16H20N4O2S. The molecule has 0 saturated carbocycles. The van der Waals surface area contributed by atoms with E-state index < -0.39 is 10.8 Å². The molecule has 0 radical (unpaired) electrons. The van der Waals surface area contributed by atoms with Crippen molar-refractivity contribution in [2.75, 3.05) is 24.4 Å². The van der Waals surface area contributed by atoms with Gasteiger partial charge in [-0.2, -0.15) is 0 Å². The summed E-state index contributed by atoms with van der Waals surface area (Å²) in [6.07, 6.45) is 4.77. The second kappa shape index (κ2) is 7.82. The van der Waals surface area contributed by atoms with Gasteiger partial charge in [-0.05, 0) is 6.92 Å². The Kier molecular flexibility index (Phi) is 5.81. The number of rotatable bonds is 5. The minimum atomic E-state index is -0.950. The summed E-state index contributed by atoms with van der Waals surface area (Å²) in [6.45, 7) is 1.86. The predicted octanol–water partition coefficient (Wildman–Crippen LogP) is 2.37. The average Bonchev–Trinajstić information content (AvgIpc) is 2.55. The molecule has 0 fully saturated rings. The standard InChI is InChI=1S/C16H20N4O2S/c1-12(11-23(3)22)20(2)16(21)19-14-9-17-15(18-10-14)13-7-5-4-6-8-13/h4-10,12H,11H2,1-3H3,(H,19,21)/t12-,23+/m1/s1. The van der Waals surface area contributed by atoms with E-state index in [1.54, 1.807) is 25.7 Å². The van der Waals surface area contributed by atoms with E-state index in [0.29, 0.717) is 17.3 Å². The van der Waals surface area contributed by atoms with Crippen molar-refractivity contribution in [1.29, 1.82) is 0 Å². The summed E-state index contributed by atoms with van der Waals surface area (Å²) in [7, 11) is 0.723. The molecule has 2 rings (SSSR count). The summed E-state index contributed by atoms with van der Waals surface area (Å²) in [5, 5.41) is 2.74. The van der Waals surface area contributed by atoms with E-state index in [2.05, 4.69) is 15.3 Å². The van der Waals surface area contributed by atoms with Gasteiger partial charge in [0.25, 0.3) is 0 Å². The number of aromatic nitrogens is 2. The first-order chi connectivity index (χ1) is 11.0. The van der Waals surface area contributed by atoms with Crippen molar-refractivity contribution in [2.45, 2.75) is 13.0 Å². The molecule has 0 aliphatic heterocycles. The Hall–Kier alpha value is -2.28. The van der Waals surface area contributed by atoms with Gasteiger partial charge in [-0.1, -0.05) is 30.3 Å². The molecule has 2 aromatic rings. The number of carbonyl (C=O) groups is 1. The lowest BCUT2D eigenvalue weighted by Gasteiger charge is -2.24. The third kappa shape index (κ3) is 4.85. The van der Waals surface area contributed by atoms with Gasteiger partial charge in [-0.25, -0.2) is 14.8 Å². The third-order valence-electron chi connectivity index (χ3n) is 3.39. The summed E-state index contributed by atoms with van der Waals surface area (Å²) < 4.78 is 11.2. The van der Waals surface area contributed by atoms with Crippen LogP contribution in [0.4, 0.5) is 10.5 Å². The molecule has 0 aliphatic carbocycles. The minimum absolute atomic E-state index is 0.120. The van der Waals surface area contributed by atoms with Crippen molar-refractivity contribution < 1.29 is 9.00 Å². The maximum Gasteiger partial charge on any atom is 0.321 e. The molecule has 7 heteroatoms. The first-order valence-electron chi connectivity index (χ1n) is 7.18. The number of urea groups is 1. The van der Waals surface area contributed by atoms with Crippen molar-refractivity contribution >= 4 is 22.5 Å². The van der Waals surface area contributed by atoms with E-state index in [1.807, 2.05) is 37.3 Å². The topological polar surface area (TPSA) is 75.2 Å². The van der Waals surface area contributed by atoms with E-state index >= 15 is 0 Å². The molecule has 0 aliphatic rings. The third-order valence-corrected chi connectivity index (χ3v) is 4.34. The number of nitrogens with one attached hydrogen (secondary N) is 1. The molecule has 2 amide bonds. The summed E-state index contributed by atoms with van der Waals surface area (Å²) in [4.78, 5) is 22.2. The highest BCUT2D eigenvalue weighted by atomic mass is 32.2. The van der Waals surface area contributed by atoms with Crippen LogP contribution in [0.3, 0.4) is 0 Å². The smallest absolute Gasteiger partial charge is 0.321 e. The molecular weight excluding hydrogens is 312 g/mol. The lowest BCUT2D eigenvalue weighted by Crippen LogP contribution is -2.40. The quantitative estimate of drug-likeness (QED) is 0.912. The summed E-state index contributed by atoms with van der Waals surface area (Å²) in [6, 6.07) is 9.22. The van der Waals surface area contributed by atoms with Gasteiger partial charge in [0.15, 0.2) is 5.82 Å². The lowest BCUT2D eigenvalue weighted by atomic mass is 10.2. The SMILES string of the molecule is C[C@H](C[S@](C)=O)N(C)C(=O)Nc1cnc(-c2ccccc2)nc1. The lowest BCUT2D eigenvalue weighted by molar-refractivity contribution is 0.212. The van der Waals surface area contributed by atoms with Gasteiger partial charge in [0.1, 0.15) is 0 Å². The average molecular weight is 332 g/mol. The molecule has 122 valence electrons. The maximum absolute atomic E-state index is 12.2. The first kappa shape index (κ1) is 17.1. The summed E-state index contributed by atoms with van der Waals surface area (Å²) >= 11 is 0. The monoisotopic (exact) mass is 332 g/mol. The van der Waals surface area contributed by atoms with Crippen molar-refractivity contribution in [3.05, 3.63) is 42.7 Å². The minimum Gasteiger partial charge on any atom is -0.324 e. The second-order valence-corrected chi connectivity index (χ2v) is 6.77. The van der Waals surface area contributed by atoms with Gasteiger partial charge in [0.2, 0.25) is 0 Å². The number of amides is 2. The van der Waals surface area contributed by atoms with E-state index in [1.165, 1.54) is 4.90 Å². The maximum atomic E-state index is 12.2. The number of anilines is 1. The highest BCUT2D eigenvalue weighted by Gasteiger charge is 2.17. The molecule has 1 N–H and O–H groups in total. The highest BCUT2D eigenvalue weighted by molar-refractivity contribution is 7.84. The van der Waals surface area contributed by atoms with Crippen LogP contribution in [0.5, 0.6) is 0 Å². The number of nitrogens with zero attached hydrogens (tertiary/aromatic N) is 3. The highest BCUT2D eigenvalue weighted by Crippen LogP contribution is 2.15. The van der Waals surface area contributed by atoms with Gasteiger partial charge >= 0.3 is 6.03 Å². The summed E-state index contributed by atoms with van der Waals surface area (Å²) in [5.74, 6) is 1.04. The fraction of sp³-hybridized carbons (Fsp3) is 0.312. The van der Waals surface area contributed by atoms with Crippen LogP contribution in [0.15, 0.2) is 42.7 Å². The first-order valence-corrected chi connectivity index (χ1v) is 8.91. The van der Waals surface area contributed by atoms with E-state index in [9.17, 15) is 9.00 Å². The van der Waals surface area contributed by atoms with Crippen LogP contribution in [-0.4, -0.2) is 50.2 Å². The van der Waals surface area contributed by atoms with E-state index in [4.69, 9.17) is 0 Å². The Morgan fingerprint density at radius 3 is 2.43 bits per heavy atom. The van der Waals surface area contributed by atoms with Crippen molar-refractivity contribution in [1.82, 2.24) is 14.9 Å². The molecule has 0 saturated heterocycles. The Labute approximate surface area is 138 Å². The molecule has 0 spiro atoms. The molecule has 0 bridgehead atoms. The van der Waals surface area contributed by atoms with Crippen LogP contribution >= 0.6 is 0 Å². The molecule has 0 unspecified atom stereocenters. The predicted molar refractivity (Wildman–Crippen MR) is 92.6 cm³/mol. The number of carbonyl (C=O) groups excluding carboxylic acids is 1. The molecule has 23 heavy (non-hydrogen) atoms. The van der Waals surface area contributed by atoms with Crippen LogP contribution in [0.25, 0.3) is 11.4 Å². The zero-order chi connectivity index (χ0) is 16.8. The van der Waals surface area contributed by atoms with Crippen molar-refractivity contribution in [3.63, 3.8) is 0 Å². The van der Waals surface area contributed by atoms with Gasteiger partial charge in [0.05, 0.1) is 18.1 Å². The number of benzene rings is 1. The van der Waals surface area contributed by atoms with Crippen LogP contribution in [0.2, 0.25) is 0 Å². The van der Waals surface area contributed by atoms with E-state index in [-0.39, 0.29) is 12.1 Å². The van der Waals surface area contributed by atoms with Crippen LogP contribution in [0.1, 0.15) is 6.92 Å².